The smallest absolute Gasteiger partial charge is 0.00297 e. The van der Waals surface area contributed by atoms with Gasteiger partial charge in [-0.15, -0.1) is 0 Å². The van der Waals surface area contributed by atoms with Crippen molar-refractivity contribution in [3.8, 4) is 0 Å². The van der Waals surface area contributed by atoms with Gasteiger partial charge in [-0.1, -0.05) is 65.8 Å². The molecule has 0 heterocycles. The summed E-state index contributed by atoms with van der Waals surface area (Å²) in [7, 11) is 0. The maximum absolute atomic E-state index is 3.93. The third-order valence-electron chi connectivity index (χ3n) is 1.81. The van der Waals surface area contributed by atoms with E-state index in [9.17, 15) is 0 Å². The highest BCUT2D eigenvalue weighted by molar-refractivity contribution is 5.12. The molecule has 0 aromatic heterocycles. The molecule has 1 atom stereocenters. The normalized spacial score (nSPS) is 9.77. The lowest BCUT2D eigenvalue weighted by molar-refractivity contribution is 0.768. The van der Waals surface area contributed by atoms with Crippen molar-refractivity contribution < 1.29 is 0 Å². The van der Waals surface area contributed by atoms with Crippen molar-refractivity contribution in [3.63, 3.8) is 0 Å². The van der Waals surface area contributed by atoms with Crippen LogP contribution in [0.2, 0.25) is 0 Å². The van der Waals surface area contributed by atoms with Crippen LogP contribution in [0.5, 0.6) is 0 Å². The van der Waals surface area contributed by atoms with Crippen molar-refractivity contribution in [2.45, 2.75) is 54.9 Å². The lowest BCUT2D eigenvalue weighted by Gasteiger charge is -2.11. The first kappa shape index (κ1) is 18.3. The molecule has 0 N–H and O–H groups in total. The summed E-state index contributed by atoms with van der Waals surface area (Å²) in [6, 6.07) is 0. The predicted molar refractivity (Wildman–Crippen MR) is 66.1 cm³/mol. The van der Waals surface area contributed by atoms with Gasteiger partial charge in [0.1, 0.15) is 0 Å². The van der Waals surface area contributed by atoms with Crippen LogP contribution in [-0.2, 0) is 0 Å². The average molecular weight is 184 g/mol. The van der Waals surface area contributed by atoms with Gasteiger partial charge in [0.2, 0.25) is 0 Å². The maximum Gasteiger partial charge on any atom is -0.00297 e. The largest absolute Gasteiger partial charge is 0.0995 e. The van der Waals surface area contributed by atoms with E-state index in [1.54, 1.807) is 0 Å². The first-order valence-electron chi connectivity index (χ1n) is 5.42. The van der Waals surface area contributed by atoms with Gasteiger partial charge in [0.15, 0.2) is 0 Å². The molecule has 0 bridgehead atoms. The molecular weight excluding hydrogens is 156 g/mol. The second kappa shape index (κ2) is 14.0. The van der Waals surface area contributed by atoms with E-state index in [4.69, 9.17) is 0 Å². The summed E-state index contributed by atoms with van der Waals surface area (Å²) in [6.07, 6.45) is 1.06. The molecule has 0 saturated heterocycles. The van der Waals surface area contributed by atoms with Crippen LogP contribution < -0.4 is 0 Å². The van der Waals surface area contributed by atoms with E-state index < -0.39 is 0 Å². The Kier molecular flexibility index (Phi) is 19.8. The molecule has 1 unspecified atom stereocenters. The minimum Gasteiger partial charge on any atom is -0.0995 e. The van der Waals surface area contributed by atoms with Gasteiger partial charge in [0.25, 0.3) is 0 Å². The Morgan fingerprint density at radius 1 is 1.08 bits per heavy atom. The Morgan fingerprint density at radius 3 is 1.46 bits per heavy atom. The summed E-state index contributed by atoms with van der Waals surface area (Å²) < 4.78 is 0. The maximum atomic E-state index is 3.93. The zero-order valence-electron chi connectivity index (χ0n) is 10.7. The second-order valence-corrected chi connectivity index (χ2v) is 2.58. The summed E-state index contributed by atoms with van der Waals surface area (Å²) in [6.45, 7) is 22.1. The molecule has 13 heavy (non-hydrogen) atoms. The topological polar surface area (TPSA) is 0 Å². The van der Waals surface area contributed by atoms with Crippen molar-refractivity contribution >= 4 is 0 Å². The van der Waals surface area contributed by atoms with Crippen molar-refractivity contribution in [1.29, 1.82) is 0 Å². The van der Waals surface area contributed by atoms with Gasteiger partial charge in [0.05, 0.1) is 0 Å². The standard InChI is InChI=1S/C9H16.2C2H6/c1-6-8(4)9(5)7(2)3;2*1-2/h9H,2,4,6H2,1,3,5H3;2*1-2H3. The Morgan fingerprint density at radius 2 is 1.38 bits per heavy atom. The van der Waals surface area contributed by atoms with Gasteiger partial charge in [-0.3, -0.25) is 0 Å². The molecule has 0 spiro atoms. The molecule has 0 aliphatic rings. The average Bonchev–Trinajstić information content (AvgIpc) is 2.21. The molecule has 0 nitrogen and oxygen atoms in total. The summed E-state index contributed by atoms with van der Waals surface area (Å²) in [4.78, 5) is 0. The van der Waals surface area contributed by atoms with Crippen LogP contribution >= 0.6 is 0 Å². The Labute approximate surface area is 85.8 Å². The fourth-order valence-corrected chi connectivity index (χ4v) is 0.655. The first-order chi connectivity index (χ1) is 6.09. The summed E-state index contributed by atoms with van der Waals surface area (Å²) in [5, 5.41) is 0. The number of hydrogen-bond donors (Lipinski definition) is 0. The van der Waals surface area contributed by atoms with Crippen LogP contribution in [0.15, 0.2) is 24.3 Å². The van der Waals surface area contributed by atoms with E-state index >= 15 is 0 Å². The molecule has 0 aromatic carbocycles. The Bertz CT molecular complexity index is 120. The molecule has 0 fully saturated rings. The van der Waals surface area contributed by atoms with E-state index in [1.165, 1.54) is 11.1 Å². The zero-order chi connectivity index (χ0) is 11.4. The summed E-state index contributed by atoms with van der Waals surface area (Å²) in [5.74, 6) is 0.495. The third kappa shape index (κ3) is 11.5. The molecule has 0 saturated carbocycles. The molecule has 0 aromatic rings. The summed E-state index contributed by atoms with van der Waals surface area (Å²) in [5.41, 5.74) is 2.49. The monoisotopic (exact) mass is 184 g/mol. The predicted octanol–water partition coefficient (Wildman–Crippen LogP) is 5.22. The molecular formula is C13H28. The van der Waals surface area contributed by atoms with E-state index in [2.05, 4.69) is 27.0 Å². The highest BCUT2D eigenvalue weighted by atomic mass is 14.1. The number of allylic oxidation sites excluding steroid dienone is 2. The lowest BCUT2D eigenvalue weighted by Crippen LogP contribution is -1.97. The van der Waals surface area contributed by atoms with Crippen LogP contribution in [0.3, 0.4) is 0 Å². The van der Waals surface area contributed by atoms with Gasteiger partial charge in [-0.2, -0.15) is 0 Å². The van der Waals surface area contributed by atoms with Gasteiger partial charge < -0.3 is 0 Å². The van der Waals surface area contributed by atoms with Crippen LogP contribution in [0.4, 0.5) is 0 Å². The Hall–Kier alpha value is -0.520. The van der Waals surface area contributed by atoms with Crippen molar-refractivity contribution in [3.05, 3.63) is 24.3 Å². The van der Waals surface area contributed by atoms with Gasteiger partial charge in [0, 0.05) is 0 Å². The minimum atomic E-state index is 0.495. The van der Waals surface area contributed by atoms with E-state index in [-0.39, 0.29) is 0 Å². The van der Waals surface area contributed by atoms with Crippen molar-refractivity contribution in [2.24, 2.45) is 5.92 Å². The zero-order valence-corrected chi connectivity index (χ0v) is 10.7. The highest BCUT2D eigenvalue weighted by Crippen LogP contribution is 2.18. The molecule has 0 aliphatic heterocycles. The van der Waals surface area contributed by atoms with E-state index in [0.29, 0.717) is 5.92 Å². The minimum absolute atomic E-state index is 0.495. The molecule has 0 amide bonds. The molecule has 0 rings (SSSR count). The van der Waals surface area contributed by atoms with Crippen molar-refractivity contribution in [2.75, 3.05) is 0 Å². The highest BCUT2D eigenvalue weighted by Gasteiger charge is 2.03. The Balaban J connectivity index is -0.000000218. The number of rotatable bonds is 3. The summed E-state index contributed by atoms with van der Waals surface area (Å²) >= 11 is 0. The van der Waals surface area contributed by atoms with Gasteiger partial charge >= 0.3 is 0 Å². The van der Waals surface area contributed by atoms with Crippen LogP contribution in [-0.4, -0.2) is 0 Å². The number of hydrogen-bond acceptors (Lipinski definition) is 0. The third-order valence-corrected chi connectivity index (χ3v) is 1.81. The molecule has 0 radical (unpaired) electrons. The molecule has 80 valence electrons. The SMILES string of the molecule is C=C(C)C(C)C(=C)CC.CC.CC. The fraction of sp³-hybridized carbons (Fsp3) is 0.692. The van der Waals surface area contributed by atoms with Gasteiger partial charge in [-0.05, 0) is 19.3 Å². The fourth-order valence-electron chi connectivity index (χ4n) is 0.655. The quantitative estimate of drug-likeness (QED) is 0.528. The van der Waals surface area contributed by atoms with Crippen molar-refractivity contribution in [1.82, 2.24) is 0 Å². The van der Waals surface area contributed by atoms with Gasteiger partial charge in [-0.25, -0.2) is 0 Å². The van der Waals surface area contributed by atoms with E-state index in [1.807, 2.05) is 34.6 Å². The first-order valence-corrected chi connectivity index (χ1v) is 5.42. The van der Waals surface area contributed by atoms with Crippen LogP contribution in [0.1, 0.15) is 54.9 Å². The molecule has 0 aliphatic carbocycles. The second-order valence-electron chi connectivity index (χ2n) is 2.58. The van der Waals surface area contributed by atoms with E-state index in [0.717, 1.165) is 6.42 Å². The van der Waals surface area contributed by atoms with Crippen LogP contribution in [0.25, 0.3) is 0 Å². The molecule has 0 heteroatoms. The lowest BCUT2D eigenvalue weighted by atomic mass is 9.95. The van der Waals surface area contributed by atoms with Crippen LogP contribution in [0, 0.1) is 5.92 Å².